The lowest BCUT2D eigenvalue weighted by Gasteiger charge is -2.31. The summed E-state index contributed by atoms with van der Waals surface area (Å²) in [6.07, 6.45) is -3.51. The summed E-state index contributed by atoms with van der Waals surface area (Å²) in [4.78, 5) is 8.07. The number of amidine groups is 1. The Morgan fingerprint density at radius 1 is 1.30 bits per heavy atom. The van der Waals surface area contributed by atoms with E-state index in [0.717, 1.165) is 6.07 Å². The first-order chi connectivity index (χ1) is 12.6. The zero-order chi connectivity index (χ0) is 19.8. The average molecular weight is 382 g/mol. The van der Waals surface area contributed by atoms with E-state index in [1.54, 1.807) is 12.1 Å². The Hall–Kier alpha value is -2.84. The SMILES string of the molecule is COc1cccnc1Nc1ccc(F)c(C2(C)N=C(N)CC2C(F)(F)F)c1. The van der Waals surface area contributed by atoms with Crippen LogP contribution in [0.4, 0.5) is 29.1 Å². The summed E-state index contributed by atoms with van der Waals surface area (Å²) in [5.74, 6) is -2.05. The number of pyridine rings is 1. The van der Waals surface area contributed by atoms with E-state index in [1.165, 1.54) is 32.4 Å². The summed E-state index contributed by atoms with van der Waals surface area (Å²) in [6.45, 7) is 1.24. The molecular weight excluding hydrogens is 364 g/mol. The quantitative estimate of drug-likeness (QED) is 0.780. The van der Waals surface area contributed by atoms with Crippen LogP contribution in [0.2, 0.25) is 0 Å². The standard InChI is InChI=1S/C18H18F4N4O/c1-17(14(18(20,21)22)9-15(23)26-17)11-8-10(5-6-12(11)19)25-16-13(27-2)4-3-7-24-16/h3-8,14H,9H2,1-2H3,(H2,23,26)(H,24,25). The number of hydrogen-bond donors (Lipinski definition) is 2. The number of ether oxygens (including phenoxy) is 1. The number of nitrogens with zero attached hydrogens (tertiary/aromatic N) is 2. The first-order valence-corrected chi connectivity index (χ1v) is 8.12. The third kappa shape index (κ3) is 3.54. The number of halogens is 4. The maximum absolute atomic E-state index is 14.5. The molecule has 0 radical (unpaired) electrons. The van der Waals surface area contributed by atoms with E-state index in [-0.39, 0.29) is 11.4 Å². The van der Waals surface area contributed by atoms with E-state index >= 15 is 0 Å². The molecule has 9 heteroatoms. The molecule has 27 heavy (non-hydrogen) atoms. The molecule has 0 spiro atoms. The van der Waals surface area contributed by atoms with Crippen LogP contribution in [0.5, 0.6) is 5.75 Å². The highest BCUT2D eigenvalue weighted by Gasteiger charge is 2.56. The molecule has 1 aromatic carbocycles. The van der Waals surface area contributed by atoms with Gasteiger partial charge >= 0.3 is 6.18 Å². The predicted octanol–water partition coefficient (Wildman–Crippen LogP) is 4.13. The molecule has 0 saturated heterocycles. The minimum atomic E-state index is -4.57. The van der Waals surface area contributed by atoms with Crippen LogP contribution in [0.15, 0.2) is 41.5 Å². The Kier molecular flexibility index (Phi) is 4.71. The van der Waals surface area contributed by atoms with Crippen molar-refractivity contribution >= 4 is 17.3 Å². The first kappa shape index (κ1) is 18.9. The third-order valence-corrected chi connectivity index (χ3v) is 4.63. The summed E-state index contributed by atoms with van der Waals surface area (Å²) >= 11 is 0. The van der Waals surface area contributed by atoms with Crippen molar-refractivity contribution in [2.24, 2.45) is 16.6 Å². The van der Waals surface area contributed by atoms with Crippen LogP contribution < -0.4 is 15.8 Å². The molecule has 0 bridgehead atoms. The minimum absolute atomic E-state index is 0.149. The molecule has 2 unspecified atom stereocenters. The van der Waals surface area contributed by atoms with Gasteiger partial charge in [0.1, 0.15) is 5.82 Å². The zero-order valence-electron chi connectivity index (χ0n) is 14.6. The maximum atomic E-state index is 14.5. The van der Waals surface area contributed by atoms with Crippen LogP contribution >= 0.6 is 0 Å². The van der Waals surface area contributed by atoms with Crippen molar-refractivity contribution in [2.45, 2.75) is 25.1 Å². The van der Waals surface area contributed by atoms with Gasteiger partial charge in [0.25, 0.3) is 0 Å². The van der Waals surface area contributed by atoms with E-state index in [0.29, 0.717) is 17.3 Å². The van der Waals surface area contributed by atoms with Gasteiger partial charge in [-0.2, -0.15) is 13.2 Å². The van der Waals surface area contributed by atoms with Crippen LogP contribution in [-0.4, -0.2) is 24.1 Å². The third-order valence-electron chi connectivity index (χ3n) is 4.63. The smallest absolute Gasteiger partial charge is 0.394 e. The van der Waals surface area contributed by atoms with Gasteiger partial charge in [-0.15, -0.1) is 0 Å². The van der Waals surface area contributed by atoms with Crippen LogP contribution in [0.3, 0.4) is 0 Å². The van der Waals surface area contributed by atoms with Gasteiger partial charge < -0.3 is 15.8 Å². The number of methoxy groups -OCH3 is 1. The van der Waals surface area contributed by atoms with Crippen molar-refractivity contribution < 1.29 is 22.3 Å². The van der Waals surface area contributed by atoms with E-state index in [9.17, 15) is 17.6 Å². The van der Waals surface area contributed by atoms with Gasteiger partial charge in [-0.05, 0) is 37.3 Å². The summed E-state index contributed by atoms with van der Waals surface area (Å²) in [5, 5.41) is 2.93. The summed E-state index contributed by atoms with van der Waals surface area (Å²) in [6, 6.07) is 7.13. The molecule has 144 valence electrons. The largest absolute Gasteiger partial charge is 0.493 e. The highest BCUT2D eigenvalue weighted by Crippen LogP contribution is 2.49. The van der Waals surface area contributed by atoms with E-state index in [2.05, 4.69) is 15.3 Å². The molecule has 1 aliphatic heterocycles. The average Bonchev–Trinajstić information content (AvgIpc) is 2.93. The van der Waals surface area contributed by atoms with E-state index in [1.807, 2.05) is 0 Å². The number of aliphatic imine (C=N–C) groups is 1. The Morgan fingerprint density at radius 2 is 2.04 bits per heavy atom. The number of nitrogens with two attached hydrogens (primary N) is 1. The minimum Gasteiger partial charge on any atom is -0.493 e. The number of nitrogens with one attached hydrogen (secondary N) is 1. The lowest BCUT2D eigenvalue weighted by molar-refractivity contribution is -0.187. The first-order valence-electron chi connectivity index (χ1n) is 8.12. The molecule has 5 nitrogen and oxygen atoms in total. The number of rotatable bonds is 4. The van der Waals surface area contributed by atoms with Crippen LogP contribution in [0.25, 0.3) is 0 Å². The molecule has 0 saturated carbocycles. The molecule has 2 heterocycles. The Balaban J connectivity index is 2.03. The Labute approximate surface area is 153 Å². The topological polar surface area (TPSA) is 72.5 Å². The van der Waals surface area contributed by atoms with Gasteiger partial charge in [0.05, 0.1) is 24.4 Å². The molecular formula is C18H18F4N4O. The van der Waals surface area contributed by atoms with Gasteiger partial charge in [-0.1, -0.05) is 0 Å². The highest BCUT2D eigenvalue weighted by atomic mass is 19.4. The Morgan fingerprint density at radius 3 is 2.70 bits per heavy atom. The lowest BCUT2D eigenvalue weighted by Crippen LogP contribution is -2.38. The zero-order valence-corrected chi connectivity index (χ0v) is 14.6. The molecule has 1 aromatic heterocycles. The van der Waals surface area contributed by atoms with Gasteiger partial charge in [-0.25, -0.2) is 9.37 Å². The Bertz CT molecular complexity index is 884. The lowest BCUT2D eigenvalue weighted by atomic mass is 9.79. The fourth-order valence-electron chi connectivity index (χ4n) is 3.29. The number of anilines is 2. The molecule has 2 aromatic rings. The fraction of sp³-hybridized carbons (Fsp3) is 0.333. The van der Waals surface area contributed by atoms with Gasteiger partial charge in [0.15, 0.2) is 11.6 Å². The summed E-state index contributed by atoms with van der Waals surface area (Å²) < 4.78 is 60.2. The summed E-state index contributed by atoms with van der Waals surface area (Å²) in [7, 11) is 1.46. The molecule has 0 fully saturated rings. The monoisotopic (exact) mass is 382 g/mol. The van der Waals surface area contributed by atoms with Crippen LogP contribution in [-0.2, 0) is 5.54 Å². The van der Waals surface area contributed by atoms with Crippen molar-refractivity contribution in [3.63, 3.8) is 0 Å². The van der Waals surface area contributed by atoms with Gasteiger partial charge in [0.2, 0.25) is 0 Å². The summed E-state index contributed by atoms with van der Waals surface area (Å²) in [5.41, 5.74) is 3.88. The van der Waals surface area contributed by atoms with Crippen molar-refractivity contribution in [3.8, 4) is 5.75 Å². The second-order valence-corrected chi connectivity index (χ2v) is 6.42. The van der Waals surface area contributed by atoms with Crippen molar-refractivity contribution in [3.05, 3.63) is 47.9 Å². The molecule has 2 atom stereocenters. The van der Waals surface area contributed by atoms with Crippen molar-refractivity contribution in [1.82, 2.24) is 4.98 Å². The number of benzene rings is 1. The second-order valence-electron chi connectivity index (χ2n) is 6.42. The van der Waals surface area contributed by atoms with E-state index < -0.39 is 29.9 Å². The number of aromatic nitrogens is 1. The second kappa shape index (κ2) is 6.71. The van der Waals surface area contributed by atoms with Crippen molar-refractivity contribution in [1.29, 1.82) is 0 Å². The predicted molar refractivity (Wildman–Crippen MR) is 93.6 cm³/mol. The van der Waals surface area contributed by atoms with E-state index in [4.69, 9.17) is 10.5 Å². The van der Waals surface area contributed by atoms with Gasteiger partial charge in [-0.3, -0.25) is 4.99 Å². The van der Waals surface area contributed by atoms with Crippen molar-refractivity contribution in [2.75, 3.05) is 12.4 Å². The van der Waals surface area contributed by atoms with Crippen LogP contribution in [0.1, 0.15) is 18.9 Å². The maximum Gasteiger partial charge on any atom is 0.394 e. The molecule has 3 N–H and O–H groups in total. The number of alkyl halides is 3. The molecule has 1 aliphatic rings. The highest BCUT2D eigenvalue weighted by molar-refractivity contribution is 5.83. The molecule has 0 amide bonds. The molecule has 0 aliphatic carbocycles. The fourth-order valence-corrected chi connectivity index (χ4v) is 3.29. The normalized spacial score (nSPS) is 22.4. The number of hydrogen-bond acceptors (Lipinski definition) is 5. The van der Waals surface area contributed by atoms with Crippen LogP contribution in [0, 0.1) is 11.7 Å². The molecule has 3 rings (SSSR count). The van der Waals surface area contributed by atoms with Gasteiger partial charge in [0, 0.05) is 23.9 Å².